The summed E-state index contributed by atoms with van der Waals surface area (Å²) in [5.74, 6) is 5.47. The Kier molecular flexibility index (Phi) is 33.6. The van der Waals surface area contributed by atoms with Gasteiger partial charge in [-0.2, -0.15) is 0 Å². The molecule has 1 atom stereocenters. The van der Waals surface area contributed by atoms with Gasteiger partial charge in [0.05, 0.1) is 6.54 Å². The maximum absolute atomic E-state index is 11.5. The fourth-order valence-corrected chi connectivity index (χ4v) is 1.08. The van der Waals surface area contributed by atoms with Crippen LogP contribution in [-0.4, -0.2) is 22.1 Å². The minimum absolute atomic E-state index is 0. The summed E-state index contributed by atoms with van der Waals surface area (Å²) in [5.41, 5.74) is 0.577. The van der Waals surface area contributed by atoms with Gasteiger partial charge in [0.25, 0.3) is 5.91 Å². The quantitative estimate of drug-likeness (QED) is 0.454. The summed E-state index contributed by atoms with van der Waals surface area (Å²) < 4.78 is 1.49. The molecule has 0 spiro atoms. The fourth-order valence-electron chi connectivity index (χ4n) is 0.854. The maximum atomic E-state index is 11.5. The van der Waals surface area contributed by atoms with Gasteiger partial charge in [-0.3, -0.25) is 4.79 Å². The number of H-pyrrole nitrogens is 1. The minimum Gasteiger partial charge on any atom is -0.357 e. The van der Waals surface area contributed by atoms with Crippen molar-refractivity contribution >= 4 is 15.3 Å². The van der Waals surface area contributed by atoms with Crippen LogP contribution in [0.3, 0.4) is 0 Å². The van der Waals surface area contributed by atoms with Crippen molar-refractivity contribution in [3.8, 4) is 11.8 Å². The van der Waals surface area contributed by atoms with Crippen molar-refractivity contribution in [2.24, 2.45) is 0 Å². The molecule has 1 rings (SSSR count). The van der Waals surface area contributed by atoms with Crippen LogP contribution >= 0.6 is 9.39 Å². The van der Waals surface area contributed by atoms with E-state index in [1.807, 2.05) is 34.6 Å². The zero-order valence-electron chi connectivity index (χ0n) is 14.2. The predicted octanol–water partition coefficient (Wildman–Crippen LogP) is 4.51. The number of allylic oxidation sites excluding steroid dienone is 1. The number of amides is 1. The number of nitrogens with zero attached hydrogens (tertiary/aromatic N) is 1. The van der Waals surface area contributed by atoms with Crippen LogP contribution in [0.25, 0.3) is 0 Å². The van der Waals surface area contributed by atoms with Gasteiger partial charge in [-0.05, 0) is 35.4 Å². The van der Waals surface area contributed by atoms with E-state index in [4.69, 9.17) is 0 Å². The van der Waals surface area contributed by atoms with Crippen molar-refractivity contribution < 1.29 is 37.5 Å². The standard InChI is InChI=1S/C9H11N2OP.C3H6.2C2H6.Y/c1-2-3-7-11(13)9(12)8-5-4-6-10-8;1-3-2;2*1-2;/h4-6,10H,7,13H2,1H3;3H,1H2,2H3;2*1-2H3;. The SMILES string of the molecule is C=CC.CC.CC.CC#CCN(P)C(=O)c1ccc[nH]1.[Y]. The summed E-state index contributed by atoms with van der Waals surface area (Å²) in [6.45, 7) is 15.4. The number of rotatable bonds is 2. The van der Waals surface area contributed by atoms with E-state index in [1.54, 1.807) is 31.3 Å². The predicted molar refractivity (Wildman–Crippen MR) is 93.6 cm³/mol. The molecule has 0 aliphatic heterocycles. The maximum Gasteiger partial charge on any atom is 0.273 e. The molecule has 0 aliphatic rings. The smallest absolute Gasteiger partial charge is 0.273 e. The second kappa shape index (κ2) is 24.6. The van der Waals surface area contributed by atoms with E-state index >= 15 is 0 Å². The average molecular weight is 385 g/mol. The van der Waals surface area contributed by atoms with Crippen LogP contribution in [0.4, 0.5) is 0 Å². The van der Waals surface area contributed by atoms with Crippen LogP contribution in [0.15, 0.2) is 31.0 Å². The molecule has 0 aromatic carbocycles. The third-order valence-corrected chi connectivity index (χ3v) is 1.93. The Bertz CT molecular complexity index is 381. The van der Waals surface area contributed by atoms with Crippen LogP contribution in [0.5, 0.6) is 0 Å². The molecule has 1 heterocycles. The normalized spacial score (nSPS) is 6.62. The zero-order chi connectivity index (χ0) is 16.4. The molecular formula is C16H29N2OPY. The molecule has 0 aliphatic carbocycles. The van der Waals surface area contributed by atoms with Gasteiger partial charge in [-0.1, -0.05) is 39.7 Å². The third-order valence-electron chi connectivity index (χ3n) is 1.52. The number of aromatic amines is 1. The summed E-state index contributed by atoms with van der Waals surface area (Å²) >= 11 is 0. The zero-order valence-corrected chi connectivity index (χ0v) is 18.2. The van der Waals surface area contributed by atoms with E-state index in [2.05, 4.69) is 32.8 Å². The molecule has 5 heteroatoms. The molecule has 1 unspecified atom stereocenters. The molecule has 1 N–H and O–H groups in total. The molecule has 0 saturated heterocycles. The van der Waals surface area contributed by atoms with Crippen molar-refractivity contribution in [3.05, 3.63) is 36.7 Å². The Hall–Kier alpha value is -0.416. The number of nitrogens with one attached hydrogen (secondary N) is 1. The molecule has 1 aromatic heterocycles. The first kappa shape index (κ1) is 28.7. The Morgan fingerprint density at radius 1 is 1.43 bits per heavy atom. The molecule has 1 radical (unpaired) electrons. The summed E-state index contributed by atoms with van der Waals surface area (Å²) in [6, 6.07) is 3.52. The Labute approximate surface area is 158 Å². The Morgan fingerprint density at radius 2 is 1.90 bits per heavy atom. The molecule has 1 aromatic rings. The van der Waals surface area contributed by atoms with Crippen LogP contribution in [-0.2, 0) is 32.7 Å². The number of carbonyl (C=O) groups excluding carboxylic acids is 1. The number of hydrogen-bond acceptors (Lipinski definition) is 1. The van der Waals surface area contributed by atoms with E-state index in [0.29, 0.717) is 12.2 Å². The van der Waals surface area contributed by atoms with Gasteiger partial charge in [-0.15, -0.1) is 12.5 Å². The molecule has 21 heavy (non-hydrogen) atoms. The second-order valence-corrected chi connectivity index (χ2v) is 3.48. The summed E-state index contributed by atoms with van der Waals surface area (Å²) in [6.07, 6.45) is 3.47. The van der Waals surface area contributed by atoms with Gasteiger partial charge < -0.3 is 9.65 Å². The summed E-state index contributed by atoms with van der Waals surface area (Å²) in [4.78, 5) is 14.4. The van der Waals surface area contributed by atoms with Crippen molar-refractivity contribution in [2.75, 3.05) is 6.54 Å². The van der Waals surface area contributed by atoms with Crippen molar-refractivity contribution in [1.29, 1.82) is 0 Å². The molecular weight excluding hydrogens is 356 g/mol. The van der Waals surface area contributed by atoms with Gasteiger partial charge in [-0.25, -0.2) is 0 Å². The van der Waals surface area contributed by atoms with Crippen LogP contribution in [0.1, 0.15) is 52.0 Å². The van der Waals surface area contributed by atoms with Gasteiger partial charge in [0.15, 0.2) is 0 Å². The first-order valence-corrected chi connectivity index (χ1v) is 7.35. The molecule has 3 nitrogen and oxygen atoms in total. The minimum atomic E-state index is -0.0715. The first-order chi connectivity index (χ1) is 9.67. The Morgan fingerprint density at radius 3 is 2.24 bits per heavy atom. The average Bonchev–Trinajstić information content (AvgIpc) is 3.03. The van der Waals surface area contributed by atoms with Gasteiger partial charge in [0.2, 0.25) is 0 Å². The van der Waals surface area contributed by atoms with E-state index in [1.165, 1.54) is 4.67 Å². The van der Waals surface area contributed by atoms with Gasteiger partial charge in [0.1, 0.15) is 5.69 Å². The third kappa shape index (κ3) is 17.5. The Balaban J connectivity index is -0.000000157. The number of carbonyl (C=O) groups is 1. The first-order valence-electron chi connectivity index (χ1n) is 6.84. The van der Waals surface area contributed by atoms with Crippen LogP contribution in [0, 0.1) is 11.8 Å². The molecule has 0 fully saturated rings. The van der Waals surface area contributed by atoms with E-state index in [-0.39, 0.29) is 38.6 Å². The molecule has 1 amide bonds. The topological polar surface area (TPSA) is 36.1 Å². The van der Waals surface area contributed by atoms with Crippen LogP contribution in [0.2, 0.25) is 0 Å². The van der Waals surface area contributed by atoms with Crippen molar-refractivity contribution in [2.45, 2.75) is 41.5 Å². The van der Waals surface area contributed by atoms with E-state index in [9.17, 15) is 4.79 Å². The second-order valence-electron chi connectivity index (χ2n) is 2.85. The molecule has 117 valence electrons. The van der Waals surface area contributed by atoms with Crippen molar-refractivity contribution in [3.63, 3.8) is 0 Å². The summed E-state index contributed by atoms with van der Waals surface area (Å²) in [7, 11) is 2.35. The van der Waals surface area contributed by atoms with E-state index < -0.39 is 0 Å². The van der Waals surface area contributed by atoms with Gasteiger partial charge in [0, 0.05) is 38.9 Å². The van der Waals surface area contributed by atoms with Crippen LogP contribution < -0.4 is 0 Å². The fraction of sp³-hybridized carbons (Fsp3) is 0.438. The molecule has 0 bridgehead atoms. The number of hydrogen-bond donors (Lipinski definition) is 1. The van der Waals surface area contributed by atoms with Gasteiger partial charge >= 0.3 is 0 Å². The molecule has 0 saturated carbocycles. The summed E-state index contributed by atoms with van der Waals surface area (Å²) in [5, 5.41) is 0. The van der Waals surface area contributed by atoms with Crippen molar-refractivity contribution in [1.82, 2.24) is 9.65 Å². The monoisotopic (exact) mass is 385 g/mol. The van der Waals surface area contributed by atoms with E-state index in [0.717, 1.165) is 0 Å². The largest absolute Gasteiger partial charge is 0.357 e. The number of aromatic nitrogens is 1.